The van der Waals surface area contributed by atoms with Crippen molar-refractivity contribution in [1.82, 2.24) is 14.9 Å². The standard InChI is InChI=1S/C25H35N5O2/c1-19(2)32-16-10-26-24-21-18-23(31-3)20(9-8-13-29-11-4-5-12-29)17-22(21)27-25(28-24)30-14-6-7-15-30/h17-19H,4-7,10-16H2,1-3H3,(H,26,27,28). The largest absolute Gasteiger partial charge is 0.495 e. The molecule has 0 saturated carbocycles. The van der Waals surface area contributed by atoms with Crippen molar-refractivity contribution in [2.24, 2.45) is 0 Å². The average molecular weight is 438 g/mol. The van der Waals surface area contributed by atoms with E-state index in [4.69, 9.17) is 19.4 Å². The molecule has 0 amide bonds. The van der Waals surface area contributed by atoms with Crippen LogP contribution >= 0.6 is 0 Å². The molecule has 0 aliphatic carbocycles. The van der Waals surface area contributed by atoms with Crippen molar-refractivity contribution in [2.45, 2.75) is 45.6 Å². The monoisotopic (exact) mass is 437 g/mol. The lowest BCUT2D eigenvalue weighted by molar-refractivity contribution is 0.0870. The fourth-order valence-corrected chi connectivity index (χ4v) is 4.25. The van der Waals surface area contributed by atoms with Crippen molar-refractivity contribution in [2.75, 3.05) is 63.2 Å². The fraction of sp³-hybridized carbons (Fsp3) is 0.600. The normalized spacial score (nSPS) is 16.6. The lowest BCUT2D eigenvalue weighted by atomic mass is 10.1. The third kappa shape index (κ3) is 5.62. The van der Waals surface area contributed by atoms with E-state index in [-0.39, 0.29) is 6.10 Å². The number of fused-ring (bicyclic) bond motifs is 1. The molecule has 1 aromatic carbocycles. The number of anilines is 2. The zero-order valence-electron chi connectivity index (χ0n) is 19.6. The summed E-state index contributed by atoms with van der Waals surface area (Å²) in [5, 5.41) is 4.40. The van der Waals surface area contributed by atoms with Gasteiger partial charge in [0.1, 0.15) is 11.6 Å². The van der Waals surface area contributed by atoms with Gasteiger partial charge < -0.3 is 19.7 Å². The van der Waals surface area contributed by atoms with E-state index in [2.05, 4.69) is 27.0 Å². The van der Waals surface area contributed by atoms with E-state index < -0.39 is 0 Å². The second-order valence-electron chi connectivity index (χ2n) is 8.77. The molecule has 0 radical (unpaired) electrons. The highest BCUT2D eigenvalue weighted by molar-refractivity contribution is 5.92. The number of likely N-dealkylation sites (tertiary alicyclic amines) is 1. The number of hydrogen-bond donors (Lipinski definition) is 1. The Balaban J connectivity index is 1.64. The molecule has 32 heavy (non-hydrogen) atoms. The topological polar surface area (TPSA) is 62.8 Å². The van der Waals surface area contributed by atoms with Gasteiger partial charge in [0.2, 0.25) is 5.95 Å². The molecule has 2 saturated heterocycles. The summed E-state index contributed by atoms with van der Waals surface area (Å²) in [7, 11) is 1.69. The van der Waals surface area contributed by atoms with E-state index in [9.17, 15) is 0 Å². The predicted molar refractivity (Wildman–Crippen MR) is 130 cm³/mol. The summed E-state index contributed by atoms with van der Waals surface area (Å²) in [6.45, 7) is 10.5. The Morgan fingerprint density at radius 1 is 1.06 bits per heavy atom. The van der Waals surface area contributed by atoms with Crippen molar-refractivity contribution >= 4 is 22.7 Å². The van der Waals surface area contributed by atoms with Crippen LogP contribution in [0.15, 0.2) is 12.1 Å². The van der Waals surface area contributed by atoms with Crippen molar-refractivity contribution < 1.29 is 9.47 Å². The summed E-state index contributed by atoms with van der Waals surface area (Å²) in [6, 6.07) is 4.05. The third-order valence-electron chi connectivity index (χ3n) is 5.96. The summed E-state index contributed by atoms with van der Waals surface area (Å²) >= 11 is 0. The summed E-state index contributed by atoms with van der Waals surface area (Å²) in [6.07, 6.45) is 5.12. The first-order valence-corrected chi connectivity index (χ1v) is 11.9. The van der Waals surface area contributed by atoms with Crippen LogP contribution in [0.25, 0.3) is 10.9 Å². The first-order valence-electron chi connectivity index (χ1n) is 11.9. The number of hydrogen-bond acceptors (Lipinski definition) is 7. The van der Waals surface area contributed by atoms with E-state index in [1.54, 1.807) is 7.11 Å². The number of ether oxygens (including phenoxy) is 2. The lowest BCUT2D eigenvalue weighted by Gasteiger charge is -2.19. The van der Waals surface area contributed by atoms with Gasteiger partial charge in [-0.2, -0.15) is 4.98 Å². The molecule has 7 heteroatoms. The van der Waals surface area contributed by atoms with Gasteiger partial charge in [0.05, 0.1) is 37.4 Å². The molecule has 172 valence electrons. The molecule has 2 aliphatic heterocycles. The average Bonchev–Trinajstić information content (AvgIpc) is 3.50. The quantitative estimate of drug-likeness (QED) is 0.501. The van der Waals surface area contributed by atoms with Crippen molar-refractivity contribution in [3.05, 3.63) is 17.7 Å². The molecule has 1 N–H and O–H groups in total. The Morgan fingerprint density at radius 3 is 2.53 bits per heavy atom. The summed E-state index contributed by atoms with van der Waals surface area (Å²) in [4.78, 5) is 14.4. The van der Waals surface area contributed by atoms with Gasteiger partial charge >= 0.3 is 0 Å². The number of nitrogens with one attached hydrogen (secondary N) is 1. The minimum absolute atomic E-state index is 0.209. The van der Waals surface area contributed by atoms with Crippen LogP contribution in [0.2, 0.25) is 0 Å². The van der Waals surface area contributed by atoms with Gasteiger partial charge in [-0.25, -0.2) is 4.98 Å². The Kier molecular flexibility index (Phi) is 7.67. The molecule has 0 atom stereocenters. The van der Waals surface area contributed by atoms with Crippen LogP contribution in [0, 0.1) is 11.8 Å². The number of methoxy groups -OCH3 is 1. The molecule has 0 spiro atoms. The molecule has 3 heterocycles. The van der Waals surface area contributed by atoms with Gasteiger partial charge in [0.15, 0.2) is 0 Å². The van der Waals surface area contributed by atoms with E-state index in [1.807, 2.05) is 26.0 Å². The zero-order valence-corrected chi connectivity index (χ0v) is 19.6. The molecule has 7 nitrogen and oxygen atoms in total. The molecular formula is C25H35N5O2. The predicted octanol–water partition coefficient (Wildman–Crippen LogP) is 3.52. The van der Waals surface area contributed by atoms with Crippen molar-refractivity contribution in [3.63, 3.8) is 0 Å². The maximum atomic E-state index is 5.69. The number of nitrogens with zero attached hydrogens (tertiary/aromatic N) is 4. The molecule has 4 rings (SSSR count). The Bertz CT molecular complexity index is 970. The molecule has 1 aromatic heterocycles. The van der Waals surface area contributed by atoms with E-state index >= 15 is 0 Å². The molecule has 0 bridgehead atoms. The van der Waals surface area contributed by atoms with Crippen LogP contribution in [0.3, 0.4) is 0 Å². The second kappa shape index (κ2) is 10.8. The van der Waals surface area contributed by atoms with E-state index in [0.29, 0.717) is 13.2 Å². The summed E-state index contributed by atoms with van der Waals surface area (Å²) in [5.41, 5.74) is 1.76. The molecule has 2 aromatic rings. The smallest absolute Gasteiger partial charge is 0.227 e. The van der Waals surface area contributed by atoms with Gasteiger partial charge in [-0.15, -0.1) is 0 Å². The second-order valence-corrected chi connectivity index (χ2v) is 8.77. The minimum Gasteiger partial charge on any atom is -0.495 e. The first-order chi connectivity index (χ1) is 15.6. The van der Waals surface area contributed by atoms with E-state index in [1.165, 1.54) is 25.7 Å². The van der Waals surface area contributed by atoms with Crippen LogP contribution in [-0.4, -0.2) is 74.0 Å². The molecule has 2 aliphatic rings. The maximum absolute atomic E-state index is 5.69. The molecule has 2 fully saturated rings. The number of aromatic nitrogens is 2. The Morgan fingerprint density at radius 2 is 1.81 bits per heavy atom. The van der Waals surface area contributed by atoms with Crippen LogP contribution < -0.4 is 15.0 Å². The summed E-state index contributed by atoms with van der Waals surface area (Å²) < 4.78 is 11.4. The highest BCUT2D eigenvalue weighted by atomic mass is 16.5. The van der Waals surface area contributed by atoms with Gasteiger partial charge in [-0.05, 0) is 64.8 Å². The van der Waals surface area contributed by atoms with Gasteiger partial charge in [0.25, 0.3) is 0 Å². The fourth-order valence-electron chi connectivity index (χ4n) is 4.25. The number of benzene rings is 1. The maximum Gasteiger partial charge on any atom is 0.227 e. The Hall–Kier alpha value is -2.56. The van der Waals surface area contributed by atoms with Crippen LogP contribution in [-0.2, 0) is 4.74 Å². The van der Waals surface area contributed by atoms with Crippen LogP contribution in [0.5, 0.6) is 5.75 Å². The lowest BCUT2D eigenvalue weighted by Crippen LogP contribution is -2.21. The van der Waals surface area contributed by atoms with Gasteiger partial charge in [0, 0.05) is 25.0 Å². The van der Waals surface area contributed by atoms with Crippen molar-refractivity contribution in [3.8, 4) is 17.6 Å². The zero-order chi connectivity index (χ0) is 22.3. The van der Waals surface area contributed by atoms with E-state index in [0.717, 1.165) is 66.7 Å². The van der Waals surface area contributed by atoms with Gasteiger partial charge in [-0.3, -0.25) is 4.90 Å². The van der Waals surface area contributed by atoms with Crippen molar-refractivity contribution in [1.29, 1.82) is 0 Å². The first kappa shape index (κ1) is 22.6. The summed E-state index contributed by atoms with van der Waals surface area (Å²) in [5.74, 6) is 9.01. The highest BCUT2D eigenvalue weighted by Gasteiger charge is 2.19. The SMILES string of the molecule is COc1cc2c(NCCOC(C)C)nc(N3CCCC3)nc2cc1C#CCN1CCCC1. The van der Waals surface area contributed by atoms with Crippen LogP contribution in [0.1, 0.15) is 45.1 Å². The van der Waals surface area contributed by atoms with Gasteiger partial charge in [-0.1, -0.05) is 11.8 Å². The highest BCUT2D eigenvalue weighted by Crippen LogP contribution is 2.31. The van der Waals surface area contributed by atoms with Crippen LogP contribution in [0.4, 0.5) is 11.8 Å². The molecular weight excluding hydrogens is 402 g/mol. The Labute approximate surface area is 191 Å². The number of rotatable bonds is 8. The third-order valence-corrected chi connectivity index (χ3v) is 5.96. The minimum atomic E-state index is 0.209. The molecule has 0 unspecified atom stereocenters.